The summed E-state index contributed by atoms with van der Waals surface area (Å²) in [4.78, 5) is 5.12. The Balaban J connectivity index is 1.53. The van der Waals surface area contributed by atoms with Gasteiger partial charge in [0.05, 0.1) is 15.8 Å². The second-order valence-corrected chi connectivity index (χ2v) is 8.78. The second kappa shape index (κ2) is 7.38. The van der Waals surface area contributed by atoms with Gasteiger partial charge in [-0.3, -0.25) is 0 Å². The van der Waals surface area contributed by atoms with Crippen LogP contribution >= 0.6 is 34.8 Å². The molecule has 3 atom stereocenters. The van der Waals surface area contributed by atoms with E-state index in [0.29, 0.717) is 18.1 Å². The van der Waals surface area contributed by atoms with Gasteiger partial charge in [0, 0.05) is 42.3 Å². The van der Waals surface area contributed by atoms with E-state index in [-0.39, 0.29) is 33.9 Å². The van der Waals surface area contributed by atoms with Gasteiger partial charge in [0.2, 0.25) is 5.60 Å². The highest BCUT2D eigenvalue weighted by Gasteiger charge is 2.65. The predicted molar refractivity (Wildman–Crippen MR) is 104 cm³/mol. The second-order valence-electron chi connectivity index (χ2n) is 7.54. The minimum Gasteiger partial charge on any atom is -0.378 e. The van der Waals surface area contributed by atoms with Gasteiger partial charge >= 0.3 is 6.18 Å². The van der Waals surface area contributed by atoms with Crippen molar-refractivity contribution >= 4 is 40.5 Å². The van der Waals surface area contributed by atoms with Crippen LogP contribution in [0.3, 0.4) is 0 Å². The molecule has 1 N–H and O–H groups in total. The molecule has 0 aromatic rings. The molecule has 0 aromatic heterocycles. The molecule has 3 unspecified atom stereocenters. The van der Waals surface area contributed by atoms with Crippen LogP contribution in [0.15, 0.2) is 50.1 Å². The van der Waals surface area contributed by atoms with Crippen molar-refractivity contribution in [3.8, 4) is 0 Å². The zero-order chi connectivity index (χ0) is 20.1. The average molecular weight is 454 g/mol. The predicted octanol–water partition coefficient (Wildman–Crippen LogP) is 5.62. The molecule has 3 nitrogen and oxygen atoms in total. The first-order valence-corrected chi connectivity index (χ1v) is 10.2. The lowest BCUT2D eigenvalue weighted by Crippen LogP contribution is -2.51. The molecule has 9 heteroatoms. The number of alkyl halides is 3. The van der Waals surface area contributed by atoms with Crippen LogP contribution in [0.4, 0.5) is 13.2 Å². The van der Waals surface area contributed by atoms with Crippen LogP contribution in [0.5, 0.6) is 0 Å². The SMILES string of the molecule is FC(F)(F)C1(C2C=C(Cl)C(Cl)=C(Cl)C2)CC(C2C=CC(C3CNC3)=CC2)=NO1. The van der Waals surface area contributed by atoms with E-state index in [9.17, 15) is 13.2 Å². The topological polar surface area (TPSA) is 33.6 Å². The van der Waals surface area contributed by atoms with Gasteiger partial charge < -0.3 is 10.2 Å². The summed E-state index contributed by atoms with van der Waals surface area (Å²) in [5.74, 6) is -0.823. The lowest BCUT2D eigenvalue weighted by molar-refractivity contribution is -0.282. The van der Waals surface area contributed by atoms with E-state index in [1.807, 2.05) is 12.2 Å². The first-order chi connectivity index (χ1) is 13.2. The molecule has 1 fully saturated rings. The number of rotatable bonds is 3. The number of halogens is 6. The molecule has 0 spiro atoms. The Kier molecular flexibility index (Phi) is 5.36. The largest absolute Gasteiger partial charge is 0.431 e. The third kappa shape index (κ3) is 3.42. The molecule has 28 heavy (non-hydrogen) atoms. The Labute approximate surface area is 175 Å². The normalized spacial score (nSPS) is 33.9. The lowest BCUT2D eigenvalue weighted by Gasteiger charge is -2.36. The van der Waals surface area contributed by atoms with Crippen molar-refractivity contribution in [3.05, 3.63) is 45.0 Å². The van der Waals surface area contributed by atoms with E-state index in [1.165, 1.54) is 11.6 Å². The Hall–Kier alpha value is -0.950. The van der Waals surface area contributed by atoms with Crippen LogP contribution in [0.2, 0.25) is 0 Å². The molecule has 2 aliphatic heterocycles. The molecule has 4 rings (SSSR count). The minimum absolute atomic E-state index is 0.00263. The molecule has 1 saturated heterocycles. The van der Waals surface area contributed by atoms with Crippen molar-refractivity contribution in [2.45, 2.75) is 31.0 Å². The van der Waals surface area contributed by atoms with Gasteiger partial charge in [-0.1, -0.05) is 64.3 Å². The Morgan fingerprint density at radius 1 is 1.21 bits per heavy atom. The molecule has 2 aliphatic carbocycles. The van der Waals surface area contributed by atoms with Gasteiger partial charge in [0.1, 0.15) is 0 Å². The summed E-state index contributed by atoms with van der Waals surface area (Å²) in [7, 11) is 0. The van der Waals surface area contributed by atoms with E-state index >= 15 is 0 Å². The maximum Gasteiger partial charge on any atom is 0.431 e. The summed E-state index contributed by atoms with van der Waals surface area (Å²) < 4.78 is 42.3. The van der Waals surface area contributed by atoms with Crippen molar-refractivity contribution < 1.29 is 18.0 Å². The molecule has 0 bridgehead atoms. The first-order valence-electron chi connectivity index (χ1n) is 9.04. The lowest BCUT2D eigenvalue weighted by atomic mass is 9.76. The Morgan fingerprint density at radius 2 is 1.96 bits per heavy atom. The first kappa shape index (κ1) is 20.3. The van der Waals surface area contributed by atoms with Crippen LogP contribution in [-0.2, 0) is 4.84 Å². The fourth-order valence-corrected chi connectivity index (χ4v) is 4.69. The van der Waals surface area contributed by atoms with E-state index in [2.05, 4.69) is 16.5 Å². The molecule has 0 amide bonds. The molecule has 0 radical (unpaired) electrons. The number of nitrogens with one attached hydrogen (secondary N) is 1. The smallest absolute Gasteiger partial charge is 0.378 e. The van der Waals surface area contributed by atoms with E-state index in [0.717, 1.165) is 13.1 Å². The molecular formula is C19H18Cl3F3N2O. The van der Waals surface area contributed by atoms with Gasteiger partial charge in [-0.2, -0.15) is 13.2 Å². The fraction of sp³-hybridized carbons (Fsp3) is 0.526. The highest BCUT2D eigenvalue weighted by atomic mass is 35.5. The summed E-state index contributed by atoms with van der Waals surface area (Å²) in [5, 5.41) is 7.26. The summed E-state index contributed by atoms with van der Waals surface area (Å²) in [6, 6.07) is 0. The van der Waals surface area contributed by atoms with E-state index < -0.39 is 17.7 Å². The van der Waals surface area contributed by atoms with Crippen LogP contribution in [-0.4, -0.2) is 30.6 Å². The zero-order valence-corrected chi connectivity index (χ0v) is 17.0. The number of hydrogen-bond donors (Lipinski definition) is 1. The molecule has 2 heterocycles. The van der Waals surface area contributed by atoms with Crippen molar-refractivity contribution in [2.24, 2.45) is 22.9 Å². The zero-order valence-electron chi connectivity index (χ0n) is 14.7. The van der Waals surface area contributed by atoms with Crippen molar-refractivity contribution in [2.75, 3.05) is 13.1 Å². The standard InChI is InChI=1S/C19H18Cl3F3N2O/c20-14-5-13(6-15(21)17(14)22)18(19(23,24)25)7-16(27-28-18)11-3-1-10(2-4-11)12-8-26-9-12/h1-3,5,11-13,26H,4,6-9H2. The maximum absolute atomic E-state index is 14.1. The van der Waals surface area contributed by atoms with Crippen molar-refractivity contribution in [3.63, 3.8) is 0 Å². The van der Waals surface area contributed by atoms with Crippen molar-refractivity contribution in [1.29, 1.82) is 0 Å². The van der Waals surface area contributed by atoms with Crippen LogP contribution in [0, 0.1) is 17.8 Å². The number of oxime groups is 1. The molecular weight excluding hydrogens is 436 g/mol. The van der Waals surface area contributed by atoms with Gasteiger partial charge in [-0.05, 0) is 18.4 Å². The highest BCUT2D eigenvalue weighted by molar-refractivity contribution is 6.48. The molecule has 0 saturated carbocycles. The third-order valence-electron chi connectivity index (χ3n) is 5.85. The number of nitrogens with zero attached hydrogens (tertiary/aromatic N) is 1. The average Bonchev–Trinajstić information content (AvgIpc) is 3.05. The van der Waals surface area contributed by atoms with E-state index in [1.54, 1.807) is 0 Å². The number of hydrogen-bond acceptors (Lipinski definition) is 3. The Morgan fingerprint density at radius 3 is 2.50 bits per heavy atom. The van der Waals surface area contributed by atoms with Gasteiger partial charge in [0.15, 0.2) is 0 Å². The summed E-state index contributed by atoms with van der Waals surface area (Å²) in [6.45, 7) is 1.88. The summed E-state index contributed by atoms with van der Waals surface area (Å²) in [6.07, 6.45) is 2.80. The monoisotopic (exact) mass is 452 g/mol. The third-order valence-corrected chi connectivity index (χ3v) is 7.14. The Bertz CT molecular complexity index is 827. The van der Waals surface area contributed by atoms with Crippen LogP contribution in [0.25, 0.3) is 0 Å². The van der Waals surface area contributed by atoms with Gasteiger partial charge in [-0.25, -0.2) is 0 Å². The molecule has 152 valence electrons. The quantitative estimate of drug-likeness (QED) is 0.602. The molecule has 0 aromatic carbocycles. The number of allylic oxidation sites excluding steroid dienone is 6. The summed E-state index contributed by atoms with van der Waals surface area (Å²) >= 11 is 18.0. The van der Waals surface area contributed by atoms with Crippen LogP contribution < -0.4 is 5.32 Å². The fourth-order valence-electron chi connectivity index (χ4n) is 3.97. The highest BCUT2D eigenvalue weighted by Crippen LogP contribution is 2.52. The molecule has 4 aliphatic rings. The van der Waals surface area contributed by atoms with Gasteiger partial charge in [0.25, 0.3) is 0 Å². The van der Waals surface area contributed by atoms with Gasteiger partial charge in [-0.15, -0.1) is 0 Å². The summed E-state index contributed by atoms with van der Waals surface area (Å²) in [5.41, 5.74) is -0.877. The minimum atomic E-state index is -4.64. The van der Waals surface area contributed by atoms with Crippen LogP contribution in [0.1, 0.15) is 19.3 Å². The maximum atomic E-state index is 14.1. The van der Waals surface area contributed by atoms with Crippen molar-refractivity contribution in [1.82, 2.24) is 5.32 Å². The van der Waals surface area contributed by atoms with E-state index in [4.69, 9.17) is 39.6 Å².